The second-order valence-corrected chi connectivity index (χ2v) is 8.62. The average Bonchev–Trinajstić information content (AvgIpc) is 2.56. The SMILES string of the molecule is CS(=O)(=O)Nc1ccc(Cl)c(C(=O)NCCSCc2ccccc2)c1. The summed E-state index contributed by atoms with van der Waals surface area (Å²) in [5.74, 6) is 1.31. The van der Waals surface area contributed by atoms with Crippen molar-refractivity contribution >= 4 is 45.0 Å². The molecule has 0 radical (unpaired) electrons. The van der Waals surface area contributed by atoms with Crippen molar-refractivity contribution in [1.82, 2.24) is 5.32 Å². The number of hydrogen-bond donors (Lipinski definition) is 2. The third-order valence-electron chi connectivity index (χ3n) is 3.16. The predicted octanol–water partition coefficient (Wildman–Crippen LogP) is 3.37. The van der Waals surface area contributed by atoms with Crippen LogP contribution in [0.5, 0.6) is 0 Å². The molecule has 0 saturated carbocycles. The van der Waals surface area contributed by atoms with Crippen LogP contribution in [-0.4, -0.2) is 32.9 Å². The van der Waals surface area contributed by atoms with Crippen LogP contribution < -0.4 is 10.0 Å². The highest BCUT2D eigenvalue weighted by atomic mass is 35.5. The first-order valence-electron chi connectivity index (χ1n) is 7.52. The molecule has 2 rings (SSSR count). The maximum atomic E-state index is 12.2. The van der Waals surface area contributed by atoms with E-state index < -0.39 is 10.0 Å². The molecule has 0 aromatic heterocycles. The Bertz CT molecular complexity index is 827. The van der Waals surface area contributed by atoms with E-state index in [2.05, 4.69) is 22.2 Å². The van der Waals surface area contributed by atoms with Gasteiger partial charge in [-0.05, 0) is 23.8 Å². The van der Waals surface area contributed by atoms with Crippen molar-refractivity contribution < 1.29 is 13.2 Å². The lowest BCUT2D eigenvalue weighted by Crippen LogP contribution is -2.26. The zero-order valence-corrected chi connectivity index (χ0v) is 16.0. The molecule has 0 unspecified atom stereocenters. The predicted molar refractivity (Wildman–Crippen MR) is 105 cm³/mol. The molecule has 2 aromatic rings. The summed E-state index contributed by atoms with van der Waals surface area (Å²) in [6.07, 6.45) is 1.05. The van der Waals surface area contributed by atoms with Gasteiger partial charge >= 0.3 is 0 Å². The van der Waals surface area contributed by atoms with Crippen LogP contribution in [-0.2, 0) is 15.8 Å². The molecule has 0 bridgehead atoms. The summed E-state index contributed by atoms with van der Waals surface area (Å²) in [6, 6.07) is 14.5. The normalized spacial score (nSPS) is 11.1. The lowest BCUT2D eigenvalue weighted by atomic mass is 10.2. The number of nitrogens with one attached hydrogen (secondary N) is 2. The van der Waals surface area contributed by atoms with Gasteiger partial charge < -0.3 is 5.32 Å². The molecule has 2 aromatic carbocycles. The van der Waals surface area contributed by atoms with E-state index in [0.717, 1.165) is 17.8 Å². The number of carbonyl (C=O) groups is 1. The largest absolute Gasteiger partial charge is 0.351 e. The van der Waals surface area contributed by atoms with Gasteiger partial charge in [0.25, 0.3) is 5.91 Å². The summed E-state index contributed by atoms with van der Waals surface area (Å²) in [5, 5.41) is 3.07. The van der Waals surface area contributed by atoms with Gasteiger partial charge in [0.05, 0.1) is 16.8 Å². The van der Waals surface area contributed by atoms with Crippen molar-refractivity contribution in [3.05, 3.63) is 64.7 Å². The highest BCUT2D eigenvalue weighted by Gasteiger charge is 2.12. The van der Waals surface area contributed by atoms with Crippen LogP contribution in [0.15, 0.2) is 48.5 Å². The average molecular weight is 399 g/mol. The molecule has 0 atom stereocenters. The van der Waals surface area contributed by atoms with E-state index in [0.29, 0.717) is 12.2 Å². The summed E-state index contributed by atoms with van der Waals surface area (Å²) < 4.78 is 24.9. The van der Waals surface area contributed by atoms with Gasteiger partial charge in [-0.3, -0.25) is 9.52 Å². The Hall–Kier alpha value is -1.70. The van der Waals surface area contributed by atoms with Gasteiger partial charge in [0.2, 0.25) is 10.0 Å². The van der Waals surface area contributed by atoms with Gasteiger partial charge in [-0.1, -0.05) is 41.9 Å². The van der Waals surface area contributed by atoms with E-state index in [9.17, 15) is 13.2 Å². The van der Waals surface area contributed by atoms with Crippen LogP contribution in [0.25, 0.3) is 0 Å². The standard InChI is InChI=1S/C17H19ClN2O3S2/c1-25(22,23)20-14-7-8-16(18)15(11-14)17(21)19-9-10-24-12-13-5-3-2-4-6-13/h2-8,11,20H,9-10,12H2,1H3,(H,19,21). The lowest BCUT2D eigenvalue weighted by molar-refractivity contribution is 0.0956. The molecule has 5 nitrogen and oxygen atoms in total. The topological polar surface area (TPSA) is 75.3 Å². The first-order chi connectivity index (χ1) is 11.8. The molecule has 0 aliphatic rings. The number of carbonyl (C=O) groups excluding carboxylic acids is 1. The molecule has 0 fully saturated rings. The maximum absolute atomic E-state index is 12.2. The molecular weight excluding hydrogens is 380 g/mol. The van der Waals surface area contributed by atoms with Gasteiger partial charge in [-0.15, -0.1) is 0 Å². The molecule has 25 heavy (non-hydrogen) atoms. The number of hydrogen-bond acceptors (Lipinski definition) is 4. The second kappa shape index (κ2) is 9.12. The minimum absolute atomic E-state index is 0.239. The highest BCUT2D eigenvalue weighted by Crippen LogP contribution is 2.21. The zero-order valence-electron chi connectivity index (χ0n) is 13.7. The molecule has 0 saturated heterocycles. The van der Waals surface area contributed by atoms with Crippen LogP contribution in [0.1, 0.15) is 15.9 Å². The van der Waals surface area contributed by atoms with Crippen molar-refractivity contribution in [3.63, 3.8) is 0 Å². The molecule has 0 heterocycles. The summed E-state index contributed by atoms with van der Waals surface area (Å²) in [5.41, 5.74) is 1.78. The van der Waals surface area contributed by atoms with Crippen molar-refractivity contribution in [3.8, 4) is 0 Å². The van der Waals surface area contributed by atoms with Gasteiger partial charge in [0.15, 0.2) is 0 Å². The number of benzene rings is 2. The Labute approximate surface area is 157 Å². The maximum Gasteiger partial charge on any atom is 0.252 e. The lowest BCUT2D eigenvalue weighted by Gasteiger charge is -2.09. The Morgan fingerprint density at radius 3 is 2.56 bits per heavy atom. The summed E-state index contributed by atoms with van der Waals surface area (Å²) in [6.45, 7) is 0.496. The highest BCUT2D eigenvalue weighted by molar-refractivity contribution is 7.98. The Morgan fingerprint density at radius 1 is 1.16 bits per heavy atom. The fourth-order valence-electron chi connectivity index (χ4n) is 2.07. The number of sulfonamides is 1. The molecule has 2 N–H and O–H groups in total. The van der Waals surface area contributed by atoms with Crippen LogP contribution in [0.4, 0.5) is 5.69 Å². The van der Waals surface area contributed by atoms with Crippen molar-refractivity contribution in [1.29, 1.82) is 0 Å². The second-order valence-electron chi connectivity index (χ2n) is 5.36. The van der Waals surface area contributed by atoms with Gasteiger partial charge in [-0.25, -0.2) is 8.42 Å². The van der Waals surface area contributed by atoms with Gasteiger partial charge in [0, 0.05) is 23.7 Å². The molecule has 0 aliphatic heterocycles. The molecule has 0 aliphatic carbocycles. The molecule has 8 heteroatoms. The fraction of sp³-hybridized carbons (Fsp3) is 0.235. The Balaban J connectivity index is 1.84. The molecule has 1 amide bonds. The molecule has 134 valence electrons. The number of amides is 1. The van der Waals surface area contributed by atoms with Crippen LogP contribution in [0, 0.1) is 0 Å². The van der Waals surface area contributed by atoms with E-state index in [1.54, 1.807) is 11.8 Å². The van der Waals surface area contributed by atoms with E-state index in [4.69, 9.17) is 11.6 Å². The van der Waals surface area contributed by atoms with E-state index >= 15 is 0 Å². The Morgan fingerprint density at radius 2 is 1.88 bits per heavy atom. The number of anilines is 1. The van der Waals surface area contributed by atoms with Crippen LogP contribution in [0.3, 0.4) is 0 Å². The first-order valence-corrected chi connectivity index (χ1v) is 10.9. The summed E-state index contributed by atoms with van der Waals surface area (Å²) >= 11 is 7.76. The van der Waals surface area contributed by atoms with Crippen LogP contribution >= 0.6 is 23.4 Å². The third-order valence-corrected chi connectivity index (χ3v) is 5.12. The zero-order chi connectivity index (χ0) is 18.3. The summed E-state index contributed by atoms with van der Waals surface area (Å²) in [7, 11) is -3.41. The monoisotopic (exact) mass is 398 g/mol. The van der Waals surface area contributed by atoms with Gasteiger partial charge in [0.1, 0.15) is 0 Å². The third kappa shape index (κ3) is 6.97. The number of halogens is 1. The van der Waals surface area contributed by atoms with E-state index in [1.165, 1.54) is 23.8 Å². The number of rotatable bonds is 8. The van der Waals surface area contributed by atoms with Crippen molar-refractivity contribution in [2.45, 2.75) is 5.75 Å². The van der Waals surface area contributed by atoms with Gasteiger partial charge in [-0.2, -0.15) is 11.8 Å². The fourth-order valence-corrected chi connectivity index (χ4v) is 3.65. The number of thioether (sulfide) groups is 1. The van der Waals surface area contributed by atoms with Crippen molar-refractivity contribution in [2.75, 3.05) is 23.3 Å². The molecular formula is C17H19ClN2O3S2. The molecule has 0 spiro atoms. The van der Waals surface area contributed by atoms with E-state index in [1.807, 2.05) is 18.2 Å². The summed E-state index contributed by atoms with van der Waals surface area (Å²) in [4.78, 5) is 12.2. The smallest absolute Gasteiger partial charge is 0.252 e. The first kappa shape index (κ1) is 19.6. The minimum Gasteiger partial charge on any atom is -0.351 e. The van der Waals surface area contributed by atoms with Crippen LogP contribution in [0.2, 0.25) is 5.02 Å². The quantitative estimate of drug-likeness (QED) is 0.668. The Kier molecular flexibility index (Phi) is 7.16. The van der Waals surface area contributed by atoms with Crippen molar-refractivity contribution in [2.24, 2.45) is 0 Å². The van der Waals surface area contributed by atoms with E-state index in [-0.39, 0.29) is 16.5 Å². The minimum atomic E-state index is -3.41.